The van der Waals surface area contributed by atoms with Crippen molar-refractivity contribution in [2.24, 2.45) is 0 Å². The number of rotatable bonds is 1. The van der Waals surface area contributed by atoms with E-state index in [1.54, 1.807) is 0 Å². The first-order valence-electron chi connectivity index (χ1n) is 4.00. The lowest BCUT2D eigenvalue weighted by atomic mass is 10.0. The predicted octanol–water partition coefficient (Wildman–Crippen LogP) is 4.19. The predicted molar refractivity (Wildman–Crippen MR) is 46.8 cm³/mol. The van der Waals surface area contributed by atoms with Crippen LogP contribution < -0.4 is 0 Å². The van der Waals surface area contributed by atoms with Crippen LogP contribution in [0.2, 0.25) is 5.02 Å². The molecular formula is C9H3ClF6O. The molecule has 0 atom stereocenters. The van der Waals surface area contributed by atoms with E-state index >= 15 is 0 Å². The van der Waals surface area contributed by atoms with Crippen LogP contribution in [0.1, 0.15) is 21.5 Å². The number of aldehydes is 1. The maximum atomic E-state index is 12.4. The molecule has 1 aromatic rings. The fourth-order valence-electron chi connectivity index (χ4n) is 1.14. The van der Waals surface area contributed by atoms with Crippen molar-refractivity contribution in [3.05, 3.63) is 33.8 Å². The maximum absolute atomic E-state index is 12.4. The summed E-state index contributed by atoms with van der Waals surface area (Å²) < 4.78 is 74.0. The van der Waals surface area contributed by atoms with E-state index in [-0.39, 0.29) is 18.4 Å². The molecular weight excluding hydrogens is 274 g/mol. The van der Waals surface area contributed by atoms with Gasteiger partial charge < -0.3 is 0 Å². The van der Waals surface area contributed by atoms with Crippen LogP contribution in [0.25, 0.3) is 0 Å². The van der Waals surface area contributed by atoms with E-state index in [9.17, 15) is 31.1 Å². The van der Waals surface area contributed by atoms with Gasteiger partial charge in [-0.25, -0.2) is 0 Å². The SMILES string of the molecule is O=Cc1c(Cl)cc(C(F)(F)F)cc1C(F)(F)F. The highest BCUT2D eigenvalue weighted by molar-refractivity contribution is 6.33. The summed E-state index contributed by atoms with van der Waals surface area (Å²) in [7, 11) is 0. The van der Waals surface area contributed by atoms with Gasteiger partial charge in [-0.1, -0.05) is 11.6 Å². The van der Waals surface area contributed by atoms with Gasteiger partial charge in [0.25, 0.3) is 0 Å². The Bertz CT molecular complexity index is 448. The van der Waals surface area contributed by atoms with E-state index in [0.29, 0.717) is 0 Å². The van der Waals surface area contributed by atoms with Crippen molar-refractivity contribution < 1.29 is 31.1 Å². The van der Waals surface area contributed by atoms with Gasteiger partial charge in [-0.2, -0.15) is 26.3 Å². The second kappa shape index (κ2) is 4.21. The summed E-state index contributed by atoms with van der Waals surface area (Å²) in [5.41, 5.74) is -4.26. The number of benzene rings is 1. The third kappa shape index (κ3) is 2.91. The summed E-state index contributed by atoms with van der Waals surface area (Å²) in [5.74, 6) is 0. The zero-order chi connectivity index (χ0) is 13.4. The number of halogens is 7. The smallest absolute Gasteiger partial charge is 0.298 e. The Balaban J connectivity index is 3.56. The molecule has 0 spiro atoms. The van der Waals surface area contributed by atoms with Crippen molar-refractivity contribution in [1.82, 2.24) is 0 Å². The van der Waals surface area contributed by atoms with E-state index in [4.69, 9.17) is 11.6 Å². The number of carbonyl (C=O) groups is 1. The van der Waals surface area contributed by atoms with Crippen LogP contribution in [0.3, 0.4) is 0 Å². The second-order valence-corrected chi connectivity index (χ2v) is 3.44. The molecule has 1 rings (SSSR count). The molecule has 0 radical (unpaired) electrons. The topological polar surface area (TPSA) is 17.1 Å². The van der Waals surface area contributed by atoms with Gasteiger partial charge in [0, 0.05) is 5.56 Å². The van der Waals surface area contributed by atoms with E-state index in [1.807, 2.05) is 0 Å². The van der Waals surface area contributed by atoms with E-state index in [2.05, 4.69) is 0 Å². The summed E-state index contributed by atoms with van der Waals surface area (Å²) in [6.45, 7) is 0. The molecule has 0 fully saturated rings. The van der Waals surface area contributed by atoms with Crippen LogP contribution in [0.15, 0.2) is 12.1 Å². The summed E-state index contributed by atoms with van der Waals surface area (Å²) in [4.78, 5) is 10.4. The summed E-state index contributed by atoms with van der Waals surface area (Å²) in [5, 5.41) is -0.887. The van der Waals surface area contributed by atoms with Crippen molar-refractivity contribution in [2.75, 3.05) is 0 Å². The average Bonchev–Trinajstić information content (AvgIpc) is 2.13. The minimum Gasteiger partial charge on any atom is -0.298 e. The van der Waals surface area contributed by atoms with Crippen LogP contribution in [-0.4, -0.2) is 6.29 Å². The third-order valence-corrected chi connectivity index (χ3v) is 2.19. The molecule has 0 bridgehead atoms. The number of carbonyl (C=O) groups excluding carboxylic acids is 1. The molecule has 0 saturated carbocycles. The maximum Gasteiger partial charge on any atom is 0.417 e. The minimum absolute atomic E-state index is 0.143. The highest BCUT2D eigenvalue weighted by atomic mass is 35.5. The van der Waals surface area contributed by atoms with Crippen molar-refractivity contribution in [1.29, 1.82) is 0 Å². The Morgan fingerprint density at radius 3 is 1.88 bits per heavy atom. The molecule has 0 aromatic heterocycles. The Hall–Kier alpha value is -1.24. The molecule has 94 valence electrons. The van der Waals surface area contributed by atoms with Gasteiger partial charge in [-0.05, 0) is 12.1 Å². The highest BCUT2D eigenvalue weighted by Crippen LogP contribution is 2.39. The lowest BCUT2D eigenvalue weighted by Crippen LogP contribution is -2.13. The Labute approximate surface area is 96.0 Å². The third-order valence-electron chi connectivity index (χ3n) is 1.88. The van der Waals surface area contributed by atoms with Gasteiger partial charge in [0.15, 0.2) is 6.29 Å². The molecule has 1 aromatic carbocycles. The fourth-order valence-corrected chi connectivity index (χ4v) is 1.40. The summed E-state index contributed by atoms with van der Waals surface area (Å²) in [6.07, 6.45) is -10.3. The number of hydrogen-bond acceptors (Lipinski definition) is 1. The van der Waals surface area contributed by atoms with Gasteiger partial charge in [-0.3, -0.25) is 4.79 Å². The molecule has 0 saturated heterocycles. The van der Waals surface area contributed by atoms with E-state index < -0.39 is 34.1 Å². The standard InChI is InChI=1S/C9H3ClF6O/c10-7-2-4(8(11,12)13)1-6(5(7)3-17)9(14,15)16/h1-3H. The molecule has 1 nitrogen and oxygen atoms in total. The van der Waals surface area contributed by atoms with Crippen LogP contribution in [0.4, 0.5) is 26.3 Å². The quantitative estimate of drug-likeness (QED) is 0.555. The first-order valence-corrected chi connectivity index (χ1v) is 4.38. The van der Waals surface area contributed by atoms with Gasteiger partial charge in [0.2, 0.25) is 0 Å². The van der Waals surface area contributed by atoms with Gasteiger partial charge in [0.05, 0.1) is 16.1 Å². The van der Waals surface area contributed by atoms with E-state index in [0.717, 1.165) is 0 Å². The Kier molecular flexibility index (Phi) is 3.42. The molecule has 0 amide bonds. The molecule has 8 heteroatoms. The number of alkyl halides is 6. The average molecular weight is 277 g/mol. The second-order valence-electron chi connectivity index (χ2n) is 3.03. The van der Waals surface area contributed by atoms with Crippen LogP contribution >= 0.6 is 11.6 Å². The summed E-state index contributed by atoms with van der Waals surface area (Å²) >= 11 is 5.22. The molecule has 0 unspecified atom stereocenters. The van der Waals surface area contributed by atoms with Gasteiger partial charge >= 0.3 is 12.4 Å². The first-order chi connectivity index (χ1) is 7.57. The molecule has 0 aliphatic heterocycles. The summed E-state index contributed by atoms with van der Waals surface area (Å²) in [6, 6.07) is 0.135. The molecule has 0 aliphatic rings. The lowest BCUT2D eigenvalue weighted by Gasteiger charge is -2.14. The number of hydrogen-bond donors (Lipinski definition) is 0. The van der Waals surface area contributed by atoms with Crippen LogP contribution in [0, 0.1) is 0 Å². The monoisotopic (exact) mass is 276 g/mol. The Morgan fingerprint density at radius 1 is 1.00 bits per heavy atom. The largest absolute Gasteiger partial charge is 0.417 e. The van der Waals surface area contributed by atoms with Gasteiger partial charge in [-0.15, -0.1) is 0 Å². The fraction of sp³-hybridized carbons (Fsp3) is 0.222. The zero-order valence-electron chi connectivity index (χ0n) is 7.79. The van der Waals surface area contributed by atoms with Crippen LogP contribution in [-0.2, 0) is 12.4 Å². The van der Waals surface area contributed by atoms with Crippen molar-refractivity contribution >= 4 is 17.9 Å². The minimum atomic E-state index is -5.08. The molecule has 0 heterocycles. The zero-order valence-corrected chi connectivity index (χ0v) is 8.54. The lowest BCUT2D eigenvalue weighted by molar-refractivity contribution is -0.143. The van der Waals surface area contributed by atoms with Gasteiger partial charge in [0.1, 0.15) is 0 Å². The first kappa shape index (κ1) is 13.8. The molecule has 0 N–H and O–H groups in total. The molecule has 17 heavy (non-hydrogen) atoms. The molecule has 0 aliphatic carbocycles. The van der Waals surface area contributed by atoms with Crippen LogP contribution in [0.5, 0.6) is 0 Å². The van der Waals surface area contributed by atoms with Crippen molar-refractivity contribution in [2.45, 2.75) is 12.4 Å². The Morgan fingerprint density at radius 2 is 1.53 bits per heavy atom. The highest BCUT2D eigenvalue weighted by Gasteiger charge is 2.39. The van der Waals surface area contributed by atoms with Crippen molar-refractivity contribution in [3.8, 4) is 0 Å². The normalized spacial score (nSPS) is 12.6. The van der Waals surface area contributed by atoms with Crippen molar-refractivity contribution in [3.63, 3.8) is 0 Å². The van der Waals surface area contributed by atoms with E-state index in [1.165, 1.54) is 0 Å².